The number of carbonyl (C=O) groups excluding carboxylic acids is 1. The molecule has 0 saturated heterocycles. The number of hydrogen-bond acceptors (Lipinski definition) is 4. The Morgan fingerprint density at radius 3 is 2.67 bits per heavy atom. The normalized spacial score (nSPS) is 14.4. The van der Waals surface area contributed by atoms with E-state index >= 15 is 0 Å². The summed E-state index contributed by atoms with van der Waals surface area (Å²) in [7, 11) is 0. The van der Waals surface area contributed by atoms with Crippen molar-refractivity contribution in [3.63, 3.8) is 0 Å². The Morgan fingerprint density at radius 2 is 1.89 bits per heavy atom. The molecular weight excluding hydrogens is 368 g/mol. The molecule has 3 N–H and O–H groups in total. The van der Waals surface area contributed by atoms with E-state index in [9.17, 15) is 13.6 Å². The number of hydrogen-bond donors (Lipinski definition) is 2. The summed E-state index contributed by atoms with van der Waals surface area (Å²) in [6.45, 7) is 0. The van der Waals surface area contributed by atoms with E-state index in [0.717, 1.165) is 53.7 Å². The molecule has 1 aliphatic rings. The van der Waals surface area contributed by atoms with E-state index in [1.807, 2.05) is 6.07 Å². The number of nitrogen functional groups attached to an aromatic ring is 1. The maximum Gasteiger partial charge on any atom is 0.268 e. The number of halogens is 2. The molecule has 140 valence electrons. The van der Waals surface area contributed by atoms with Gasteiger partial charge in [-0.2, -0.15) is 0 Å². The Balaban J connectivity index is 1.69. The van der Waals surface area contributed by atoms with Gasteiger partial charge in [0.15, 0.2) is 0 Å². The first-order valence-corrected chi connectivity index (χ1v) is 9.82. The lowest BCUT2D eigenvalue weighted by atomic mass is 9.96. The van der Waals surface area contributed by atoms with E-state index in [4.69, 9.17) is 10.7 Å². The largest absolute Gasteiger partial charge is 0.397 e. The van der Waals surface area contributed by atoms with Crippen LogP contribution in [0.1, 0.15) is 46.6 Å². The highest BCUT2D eigenvalue weighted by molar-refractivity contribution is 7.21. The summed E-state index contributed by atoms with van der Waals surface area (Å²) >= 11 is 1.20. The zero-order chi connectivity index (χ0) is 19.0. The summed E-state index contributed by atoms with van der Waals surface area (Å²) < 4.78 is 26.9. The van der Waals surface area contributed by atoms with Crippen LogP contribution in [0, 0.1) is 11.6 Å². The molecule has 0 fully saturated rings. The van der Waals surface area contributed by atoms with Crippen LogP contribution in [0.2, 0.25) is 0 Å². The van der Waals surface area contributed by atoms with Crippen molar-refractivity contribution in [2.75, 3.05) is 11.1 Å². The standard InChI is InChI=1S/C20H19F2N3OS/c21-12-7-8-16(14(22)10-12)24-19(26)18-17(23)13-9-11-5-3-1-2-4-6-15(11)25-20(13)27-18/h7-10H,1-6,23H2,(H,24,26). The molecule has 0 spiro atoms. The fraction of sp³-hybridized carbons (Fsp3) is 0.300. The summed E-state index contributed by atoms with van der Waals surface area (Å²) in [5.41, 5.74) is 8.76. The molecule has 3 aromatic rings. The van der Waals surface area contributed by atoms with Crippen LogP contribution in [0.25, 0.3) is 10.2 Å². The van der Waals surface area contributed by atoms with Crippen LogP contribution < -0.4 is 11.1 Å². The Labute approximate surface area is 159 Å². The summed E-state index contributed by atoms with van der Waals surface area (Å²) in [5.74, 6) is -2.05. The molecule has 2 aromatic heterocycles. The molecule has 27 heavy (non-hydrogen) atoms. The molecule has 0 aliphatic heterocycles. The first-order chi connectivity index (χ1) is 13.0. The van der Waals surface area contributed by atoms with Gasteiger partial charge in [-0.1, -0.05) is 12.8 Å². The maximum atomic E-state index is 13.8. The van der Waals surface area contributed by atoms with Crippen molar-refractivity contribution in [1.82, 2.24) is 4.98 Å². The Hall–Kier alpha value is -2.54. The van der Waals surface area contributed by atoms with Gasteiger partial charge in [0, 0.05) is 17.1 Å². The molecule has 0 atom stereocenters. The zero-order valence-electron chi connectivity index (χ0n) is 14.6. The smallest absolute Gasteiger partial charge is 0.268 e. The van der Waals surface area contributed by atoms with Gasteiger partial charge in [0.25, 0.3) is 5.91 Å². The van der Waals surface area contributed by atoms with Gasteiger partial charge in [0.2, 0.25) is 0 Å². The lowest BCUT2D eigenvalue weighted by Gasteiger charge is -2.12. The number of nitrogens with one attached hydrogen (secondary N) is 1. The van der Waals surface area contributed by atoms with Gasteiger partial charge in [-0.05, 0) is 49.4 Å². The van der Waals surface area contributed by atoms with Gasteiger partial charge in [0.1, 0.15) is 21.3 Å². The van der Waals surface area contributed by atoms with E-state index in [2.05, 4.69) is 5.32 Å². The van der Waals surface area contributed by atoms with Gasteiger partial charge in [-0.25, -0.2) is 13.8 Å². The molecule has 0 radical (unpaired) electrons. The minimum atomic E-state index is -0.830. The number of pyridine rings is 1. The number of nitrogens with two attached hydrogens (primary N) is 1. The number of aryl methyl sites for hydroxylation is 2. The number of aromatic nitrogens is 1. The predicted octanol–water partition coefficient (Wildman–Crippen LogP) is 5.07. The summed E-state index contributed by atoms with van der Waals surface area (Å²) in [5, 5.41) is 3.23. The lowest BCUT2D eigenvalue weighted by molar-refractivity contribution is 0.103. The summed E-state index contributed by atoms with van der Waals surface area (Å²) in [6, 6.07) is 5.06. The third-order valence-corrected chi connectivity index (χ3v) is 6.00. The number of amides is 1. The highest BCUT2D eigenvalue weighted by atomic mass is 32.1. The van der Waals surface area contributed by atoms with E-state index in [-0.39, 0.29) is 5.69 Å². The van der Waals surface area contributed by atoms with Crippen molar-refractivity contribution >= 4 is 38.8 Å². The quantitative estimate of drug-likeness (QED) is 0.645. The van der Waals surface area contributed by atoms with Crippen LogP contribution >= 0.6 is 11.3 Å². The molecule has 1 aliphatic carbocycles. The molecular formula is C20H19F2N3OS. The van der Waals surface area contributed by atoms with E-state index < -0.39 is 17.5 Å². The second-order valence-electron chi connectivity index (χ2n) is 6.78. The van der Waals surface area contributed by atoms with E-state index in [0.29, 0.717) is 10.6 Å². The van der Waals surface area contributed by atoms with Gasteiger partial charge >= 0.3 is 0 Å². The SMILES string of the molecule is Nc1c(C(=O)Nc2ccc(F)cc2F)sc2nc3c(cc12)CCCCCC3. The minimum absolute atomic E-state index is 0.0847. The van der Waals surface area contributed by atoms with Gasteiger partial charge in [-0.15, -0.1) is 11.3 Å². The number of carbonyl (C=O) groups is 1. The monoisotopic (exact) mass is 387 g/mol. The van der Waals surface area contributed by atoms with E-state index in [1.165, 1.54) is 35.8 Å². The van der Waals surface area contributed by atoms with Crippen molar-refractivity contribution < 1.29 is 13.6 Å². The number of nitrogens with zero attached hydrogens (tertiary/aromatic N) is 1. The molecule has 7 heteroatoms. The van der Waals surface area contributed by atoms with Crippen molar-refractivity contribution in [3.05, 3.63) is 52.0 Å². The highest BCUT2D eigenvalue weighted by Gasteiger charge is 2.20. The number of anilines is 2. The van der Waals surface area contributed by atoms with Crippen LogP contribution in [0.15, 0.2) is 24.3 Å². The number of rotatable bonds is 2. The molecule has 2 heterocycles. The predicted molar refractivity (Wildman–Crippen MR) is 104 cm³/mol. The van der Waals surface area contributed by atoms with Crippen LogP contribution in [0.5, 0.6) is 0 Å². The number of thiophene rings is 1. The topological polar surface area (TPSA) is 68.0 Å². The average Bonchev–Trinajstić information content (AvgIpc) is 2.93. The average molecular weight is 387 g/mol. The molecule has 1 amide bonds. The summed E-state index contributed by atoms with van der Waals surface area (Å²) in [4.78, 5) is 18.4. The molecule has 4 rings (SSSR count). The Bertz CT molecular complexity index is 1030. The van der Waals surface area contributed by atoms with Crippen LogP contribution in [-0.2, 0) is 12.8 Å². The molecule has 0 bridgehead atoms. The number of fused-ring (bicyclic) bond motifs is 2. The Kier molecular flexibility index (Phi) is 4.78. The fourth-order valence-electron chi connectivity index (χ4n) is 3.45. The third-order valence-electron chi connectivity index (χ3n) is 4.88. The van der Waals surface area contributed by atoms with Gasteiger partial charge in [0.05, 0.1) is 11.4 Å². The molecule has 1 aromatic carbocycles. The second kappa shape index (κ2) is 7.23. The first kappa shape index (κ1) is 17.9. The van der Waals surface area contributed by atoms with Crippen molar-refractivity contribution in [3.8, 4) is 0 Å². The van der Waals surface area contributed by atoms with Gasteiger partial charge in [-0.3, -0.25) is 4.79 Å². The van der Waals surface area contributed by atoms with Crippen molar-refractivity contribution in [1.29, 1.82) is 0 Å². The van der Waals surface area contributed by atoms with E-state index in [1.54, 1.807) is 0 Å². The Morgan fingerprint density at radius 1 is 1.11 bits per heavy atom. The van der Waals surface area contributed by atoms with Crippen molar-refractivity contribution in [2.24, 2.45) is 0 Å². The zero-order valence-corrected chi connectivity index (χ0v) is 15.5. The second-order valence-corrected chi connectivity index (χ2v) is 7.78. The van der Waals surface area contributed by atoms with Gasteiger partial charge < -0.3 is 11.1 Å². The fourth-order valence-corrected chi connectivity index (χ4v) is 4.44. The highest BCUT2D eigenvalue weighted by Crippen LogP contribution is 2.35. The summed E-state index contributed by atoms with van der Waals surface area (Å²) in [6.07, 6.45) is 6.57. The lowest BCUT2D eigenvalue weighted by Crippen LogP contribution is -2.13. The molecule has 0 unspecified atom stereocenters. The minimum Gasteiger partial charge on any atom is -0.397 e. The third kappa shape index (κ3) is 3.51. The number of benzene rings is 1. The van der Waals surface area contributed by atoms with Crippen LogP contribution in [0.3, 0.4) is 0 Å². The first-order valence-electron chi connectivity index (χ1n) is 9.00. The maximum absolute atomic E-state index is 13.8. The van der Waals surface area contributed by atoms with Crippen molar-refractivity contribution in [2.45, 2.75) is 38.5 Å². The van der Waals surface area contributed by atoms with Crippen LogP contribution in [0.4, 0.5) is 20.2 Å². The molecule has 0 saturated carbocycles. The van der Waals surface area contributed by atoms with Crippen LogP contribution in [-0.4, -0.2) is 10.9 Å². The molecule has 4 nitrogen and oxygen atoms in total.